The van der Waals surface area contributed by atoms with Gasteiger partial charge >= 0.3 is 0 Å². The van der Waals surface area contributed by atoms with Crippen LogP contribution in [0.15, 0.2) is 0 Å². The monoisotopic (exact) mass is 272 g/mol. The van der Waals surface area contributed by atoms with Gasteiger partial charge in [-0.1, -0.05) is 11.6 Å². The smallest absolute Gasteiger partial charge is 0.217 e. The zero-order valence-corrected chi connectivity index (χ0v) is 11.8. The molecule has 3 N–H and O–H groups in total. The number of hydrogen-bond acceptors (Lipinski definition) is 3. The Morgan fingerprint density at radius 1 is 1.50 bits per heavy atom. The standard InChI is InChI=1S/C12H21ClN4O/c1-3-17-10(12(13)9(2)16-17)8-15-7-5-4-6-11(14)18/h15H,3-8H2,1-2H3,(H2,14,18). The van der Waals surface area contributed by atoms with Crippen LogP contribution in [-0.4, -0.2) is 22.2 Å². The minimum absolute atomic E-state index is 0.238. The summed E-state index contributed by atoms with van der Waals surface area (Å²) < 4.78 is 1.91. The van der Waals surface area contributed by atoms with Gasteiger partial charge < -0.3 is 11.1 Å². The molecule has 0 aromatic carbocycles. The average molecular weight is 273 g/mol. The lowest BCUT2D eigenvalue weighted by atomic mass is 10.2. The van der Waals surface area contributed by atoms with E-state index in [4.69, 9.17) is 17.3 Å². The minimum Gasteiger partial charge on any atom is -0.370 e. The van der Waals surface area contributed by atoms with Gasteiger partial charge in [-0.3, -0.25) is 9.48 Å². The van der Waals surface area contributed by atoms with Crippen molar-refractivity contribution in [1.82, 2.24) is 15.1 Å². The number of hydrogen-bond donors (Lipinski definition) is 2. The predicted octanol–water partition coefficient (Wildman–Crippen LogP) is 1.61. The van der Waals surface area contributed by atoms with Crippen molar-refractivity contribution in [2.45, 2.75) is 46.2 Å². The Bertz CT molecular complexity index is 403. The molecule has 6 heteroatoms. The second kappa shape index (κ2) is 7.38. The number of primary amides is 1. The lowest BCUT2D eigenvalue weighted by Gasteiger charge is -2.07. The summed E-state index contributed by atoms with van der Waals surface area (Å²) in [6, 6.07) is 0. The number of rotatable bonds is 8. The summed E-state index contributed by atoms with van der Waals surface area (Å²) in [4.78, 5) is 10.6. The van der Waals surface area contributed by atoms with Crippen molar-refractivity contribution in [3.05, 3.63) is 16.4 Å². The third-order valence-electron chi connectivity index (χ3n) is 2.77. The van der Waals surface area contributed by atoms with Crippen molar-refractivity contribution < 1.29 is 4.79 Å². The number of aryl methyl sites for hydroxylation is 2. The lowest BCUT2D eigenvalue weighted by molar-refractivity contribution is -0.118. The molecule has 0 spiro atoms. The Balaban J connectivity index is 2.33. The van der Waals surface area contributed by atoms with Crippen molar-refractivity contribution >= 4 is 17.5 Å². The first kappa shape index (κ1) is 15.0. The summed E-state index contributed by atoms with van der Waals surface area (Å²) in [5.74, 6) is -0.238. The zero-order valence-electron chi connectivity index (χ0n) is 11.0. The van der Waals surface area contributed by atoms with Crippen molar-refractivity contribution in [2.24, 2.45) is 5.73 Å². The highest BCUT2D eigenvalue weighted by Crippen LogP contribution is 2.19. The SMILES string of the molecule is CCn1nc(C)c(Cl)c1CNCCCCC(N)=O. The van der Waals surface area contributed by atoms with Gasteiger partial charge in [-0.25, -0.2) is 0 Å². The van der Waals surface area contributed by atoms with Crippen LogP contribution in [0.3, 0.4) is 0 Å². The molecule has 1 aromatic heterocycles. The summed E-state index contributed by atoms with van der Waals surface area (Å²) in [5, 5.41) is 8.39. The fourth-order valence-corrected chi connectivity index (χ4v) is 2.00. The van der Waals surface area contributed by atoms with E-state index < -0.39 is 0 Å². The molecule has 0 saturated heterocycles. The van der Waals surface area contributed by atoms with E-state index in [1.165, 1.54) is 0 Å². The van der Waals surface area contributed by atoms with E-state index in [9.17, 15) is 4.79 Å². The van der Waals surface area contributed by atoms with Gasteiger partial charge in [-0.15, -0.1) is 0 Å². The topological polar surface area (TPSA) is 72.9 Å². The molecular weight excluding hydrogens is 252 g/mol. The van der Waals surface area contributed by atoms with Gasteiger partial charge in [0.25, 0.3) is 0 Å². The van der Waals surface area contributed by atoms with Crippen LogP contribution in [0.1, 0.15) is 37.6 Å². The molecule has 0 atom stereocenters. The first-order valence-electron chi connectivity index (χ1n) is 6.27. The Kier molecular flexibility index (Phi) is 6.15. The first-order chi connectivity index (χ1) is 8.56. The molecule has 0 aliphatic heterocycles. The number of aromatic nitrogens is 2. The molecule has 0 unspecified atom stereocenters. The molecule has 1 amide bonds. The van der Waals surface area contributed by atoms with Gasteiger partial charge in [0.05, 0.1) is 16.4 Å². The Hall–Kier alpha value is -1.07. The number of nitrogens with two attached hydrogens (primary N) is 1. The molecule has 5 nitrogen and oxygen atoms in total. The van der Waals surface area contributed by atoms with E-state index in [0.29, 0.717) is 13.0 Å². The average Bonchev–Trinajstić information content (AvgIpc) is 2.60. The number of nitrogens with one attached hydrogen (secondary N) is 1. The maximum Gasteiger partial charge on any atom is 0.217 e. The maximum absolute atomic E-state index is 10.6. The number of halogens is 1. The fourth-order valence-electron chi connectivity index (χ4n) is 1.79. The minimum atomic E-state index is -0.238. The van der Waals surface area contributed by atoms with Gasteiger partial charge in [0.2, 0.25) is 5.91 Å². The lowest BCUT2D eigenvalue weighted by Crippen LogP contribution is -2.18. The number of unbranched alkanes of at least 4 members (excludes halogenated alkanes) is 1. The summed E-state index contributed by atoms with van der Waals surface area (Å²) in [6.07, 6.45) is 2.20. The molecule has 0 radical (unpaired) electrons. The van der Waals surface area contributed by atoms with Crippen LogP contribution < -0.4 is 11.1 Å². The molecule has 0 fully saturated rings. The number of carbonyl (C=O) groups is 1. The van der Waals surface area contributed by atoms with Gasteiger partial charge in [-0.05, 0) is 33.2 Å². The van der Waals surface area contributed by atoms with Crippen molar-refractivity contribution in [3.63, 3.8) is 0 Å². The van der Waals surface area contributed by atoms with Gasteiger partial charge in [0.15, 0.2) is 0 Å². The molecule has 0 bridgehead atoms. The van der Waals surface area contributed by atoms with E-state index in [2.05, 4.69) is 10.4 Å². The Morgan fingerprint density at radius 3 is 2.83 bits per heavy atom. The quantitative estimate of drug-likeness (QED) is 0.706. The Labute approximate surface area is 113 Å². The molecule has 0 aliphatic carbocycles. The second-order valence-corrected chi connectivity index (χ2v) is 4.64. The fraction of sp³-hybridized carbons (Fsp3) is 0.667. The Morgan fingerprint density at radius 2 is 2.22 bits per heavy atom. The van der Waals surface area contributed by atoms with Crippen molar-refractivity contribution in [1.29, 1.82) is 0 Å². The van der Waals surface area contributed by atoms with Gasteiger partial charge in [-0.2, -0.15) is 5.10 Å². The number of carbonyl (C=O) groups excluding carboxylic acids is 1. The van der Waals surface area contributed by atoms with Crippen molar-refractivity contribution in [3.8, 4) is 0 Å². The van der Waals surface area contributed by atoms with Crippen LogP contribution in [0.4, 0.5) is 0 Å². The van der Waals surface area contributed by atoms with Gasteiger partial charge in [0.1, 0.15) is 0 Å². The van der Waals surface area contributed by atoms with Crippen molar-refractivity contribution in [2.75, 3.05) is 6.54 Å². The highest BCUT2D eigenvalue weighted by atomic mass is 35.5. The maximum atomic E-state index is 10.6. The summed E-state index contributed by atoms with van der Waals surface area (Å²) >= 11 is 6.19. The molecule has 1 rings (SSSR count). The molecule has 0 saturated carbocycles. The second-order valence-electron chi connectivity index (χ2n) is 4.26. The molecular formula is C12H21ClN4O. The van der Waals surface area contributed by atoms with E-state index in [-0.39, 0.29) is 5.91 Å². The van der Waals surface area contributed by atoms with E-state index in [1.54, 1.807) is 0 Å². The number of nitrogens with zero attached hydrogens (tertiary/aromatic N) is 2. The van der Waals surface area contributed by atoms with Gasteiger partial charge in [0, 0.05) is 19.5 Å². The first-order valence-corrected chi connectivity index (χ1v) is 6.64. The van der Waals surface area contributed by atoms with E-state index >= 15 is 0 Å². The molecule has 102 valence electrons. The van der Waals surface area contributed by atoms with Crippen LogP contribution in [0.25, 0.3) is 0 Å². The number of amides is 1. The summed E-state index contributed by atoms with van der Waals surface area (Å²) in [6.45, 7) is 6.30. The molecule has 18 heavy (non-hydrogen) atoms. The van der Waals surface area contributed by atoms with Crippen LogP contribution in [0.2, 0.25) is 5.02 Å². The largest absolute Gasteiger partial charge is 0.370 e. The normalized spacial score (nSPS) is 10.8. The molecule has 1 heterocycles. The highest BCUT2D eigenvalue weighted by Gasteiger charge is 2.11. The van der Waals surface area contributed by atoms with Crippen LogP contribution >= 0.6 is 11.6 Å². The predicted molar refractivity (Wildman–Crippen MR) is 72.4 cm³/mol. The van der Waals surface area contributed by atoms with E-state index in [0.717, 1.165) is 42.3 Å². The van der Waals surface area contributed by atoms with Crippen LogP contribution in [-0.2, 0) is 17.9 Å². The highest BCUT2D eigenvalue weighted by molar-refractivity contribution is 6.31. The van der Waals surface area contributed by atoms with E-state index in [1.807, 2.05) is 18.5 Å². The zero-order chi connectivity index (χ0) is 13.5. The summed E-state index contributed by atoms with van der Waals surface area (Å²) in [5.41, 5.74) is 6.96. The third-order valence-corrected chi connectivity index (χ3v) is 3.26. The third kappa shape index (κ3) is 4.31. The molecule has 0 aliphatic rings. The van der Waals surface area contributed by atoms with Crippen LogP contribution in [0.5, 0.6) is 0 Å². The molecule has 1 aromatic rings. The van der Waals surface area contributed by atoms with Crippen LogP contribution in [0, 0.1) is 6.92 Å². The summed E-state index contributed by atoms with van der Waals surface area (Å²) in [7, 11) is 0.